The van der Waals surface area contributed by atoms with Gasteiger partial charge < -0.3 is 15.5 Å². The summed E-state index contributed by atoms with van der Waals surface area (Å²) in [6, 6.07) is 5.34. The number of benzene rings is 1. The van der Waals surface area contributed by atoms with Crippen molar-refractivity contribution < 1.29 is 33.0 Å². The molecule has 0 aromatic heterocycles. The fourth-order valence-electron chi connectivity index (χ4n) is 1.19. The van der Waals surface area contributed by atoms with Crippen LogP contribution in [-0.4, -0.2) is 34.0 Å². The molecular weight excluding hydrogens is 267 g/mol. The molecule has 0 aliphatic heterocycles. The number of nitrogens with one attached hydrogen (secondary N) is 1. The van der Waals surface area contributed by atoms with Crippen molar-refractivity contribution in [3.05, 3.63) is 35.4 Å². The van der Waals surface area contributed by atoms with Gasteiger partial charge in [0.25, 0.3) is 5.91 Å². The Morgan fingerprint density at radius 1 is 1.16 bits per heavy atom. The summed E-state index contributed by atoms with van der Waals surface area (Å²) < 4.78 is 37.3. The number of aryl methyl sites for hydroxylation is 1. The molecule has 1 rings (SSSR count). The number of aliphatic carboxylic acids is 1. The third-order valence-electron chi connectivity index (χ3n) is 2.33. The molecule has 1 atom stereocenters. The van der Waals surface area contributed by atoms with Crippen molar-refractivity contribution in [1.82, 2.24) is 5.32 Å². The second-order valence-corrected chi connectivity index (χ2v) is 3.83. The highest BCUT2D eigenvalue weighted by Gasteiger charge is 2.61. The summed E-state index contributed by atoms with van der Waals surface area (Å²) in [5.41, 5.74) is -3.76. The highest BCUT2D eigenvalue weighted by molar-refractivity contribution is 5.97. The molecule has 0 aliphatic carbocycles. The molecule has 0 saturated heterocycles. The summed E-state index contributed by atoms with van der Waals surface area (Å²) in [4.78, 5) is 22.0. The van der Waals surface area contributed by atoms with E-state index in [9.17, 15) is 22.8 Å². The third kappa shape index (κ3) is 3.02. The number of aliphatic hydroxyl groups is 1. The molecule has 0 bridgehead atoms. The number of halogens is 3. The summed E-state index contributed by atoms with van der Waals surface area (Å²) in [6.45, 7) is 1.70. The Balaban J connectivity index is 3.02. The molecular formula is C11H10F3NO4. The van der Waals surface area contributed by atoms with Gasteiger partial charge in [-0.05, 0) is 19.1 Å². The van der Waals surface area contributed by atoms with Crippen molar-refractivity contribution in [3.63, 3.8) is 0 Å². The molecule has 3 N–H and O–H groups in total. The van der Waals surface area contributed by atoms with E-state index in [0.717, 1.165) is 10.9 Å². The summed E-state index contributed by atoms with van der Waals surface area (Å²) in [5.74, 6) is -3.96. The number of carbonyl (C=O) groups is 2. The van der Waals surface area contributed by atoms with Crippen LogP contribution in [0, 0.1) is 6.92 Å². The van der Waals surface area contributed by atoms with E-state index >= 15 is 0 Å². The normalized spacial score (nSPS) is 14.6. The fraction of sp³-hybridized carbons (Fsp3) is 0.273. The molecule has 8 heteroatoms. The van der Waals surface area contributed by atoms with Gasteiger partial charge in [0.1, 0.15) is 0 Å². The van der Waals surface area contributed by atoms with E-state index in [-0.39, 0.29) is 5.56 Å². The average molecular weight is 277 g/mol. The summed E-state index contributed by atoms with van der Waals surface area (Å²) in [6.07, 6.45) is -5.54. The number of carboxylic acids is 1. The van der Waals surface area contributed by atoms with Gasteiger partial charge in [-0.15, -0.1) is 0 Å². The number of hydrogen-bond donors (Lipinski definition) is 3. The van der Waals surface area contributed by atoms with Crippen LogP contribution in [0.5, 0.6) is 0 Å². The predicted molar refractivity (Wildman–Crippen MR) is 57.3 cm³/mol. The van der Waals surface area contributed by atoms with Crippen LogP contribution in [0.3, 0.4) is 0 Å². The minimum absolute atomic E-state index is 0.200. The maximum absolute atomic E-state index is 12.4. The first-order valence-electron chi connectivity index (χ1n) is 4.99. The van der Waals surface area contributed by atoms with Crippen LogP contribution in [0.15, 0.2) is 24.3 Å². The molecule has 19 heavy (non-hydrogen) atoms. The predicted octanol–water partition coefficient (Wildman–Crippen LogP) is 1.06. The second-order valence-electron chi connectivity index (χ2n) is 3.83. The van der Waals surface area contributed by atoms with E-state index in [1.807, 2.05) is 0 Å². The van der Waals surface area contributed by atoms with Crippen molar-refractivity contribution >= 4 is 11.9 Å². The molecule has 104 valence electrons. The first-order chi connectivity index (χ1) is 8.58. The Morgan fingerprint density at radius 2 is 1.63 bits per heavy atom. The van der Waals surface area contributed by atoms with Gasteiger partial charge in [0.15, 0.2) is 0 Å². The monoisotopic (exact) mass is 277 g/mol. The molecule has 0 spiro atoms. The lowest BCUT2D eigenvalue weighted by Crippen LogP contribution is -2.64. The van der Waals surface area contributed by atoms with Gasteiger partial charge in [0, 0.05) is 5.56 Å². The van der Waals surface area contributed by atoms with Crippen molar-refractivity contribution in [2.75, 3.05) is 0 Å². The van der Waals surface area contributed by atoms with E-state index in [1.165, 1.54) is 24.3 Å². The van der Waals surface area contributed by atoms with E-state index in [4.69, 9.17) is 10.2 Å². The van der Waals surface area contributed by atoms with Gasteiger partial charge in [-0.2, -0.15) is 13.2 Å². The largest absolute Gasteiger partial charge is 0.477 e. The van der Waals surface area contributed by atoms with E-state index in [1.54, 1.807) is 6.92 Å². The Kier molecular flexibility index (Phi) is 3.85. The summed E-state index contributed by atoms with van der Waals surface area (Å²) in [5, 5.41) is 18.5. The maximum Gasteiger partial charge on any atom is 0.448 e. The van der Waals surface area contributed by atoms with Gasteiger partial charge in [0.2, 0.25) is 0 Å². The fourth-order valence-corrected chi connectivity index (χ4v) is 1.19. The van der Waals surface area contributed by atoms with Crippen LogP contribution < -0.4 is 5.32 Å². The number of rotatable bonds is 3. The Bertz CT molecular complexity index is 498. The first kappa shape index (κ1) is 15.0. The lowest BCUT2D eigenvalue weighted by Gasteiger charge is -2.26. The van der Waals surface area contributed by atoms with Gasteiger partial charge in [0.05, 0.1) is 0 Å². The molecule has 0 radical (unpaired) electrons. The molecule has 1 aromatic rings. The number of hydrogen-bond acceptors (Lipinski definition) is 3. The van der Waals surface area contributed by atoms with Crippen LogP contribution in [0.1, 0.15) is 15.9 Å². The Hall–Kier alpha value is -2.09. The van der Waals surface area contributed by atoms with E-state index in [0.29, 0.717) is 0 Å². The van der Waals surface area contributed by atoms with E-state index < -0.39 is 23.8 Å². The van der Waals surface area contributed by atoms with E-state index in [2.05, 4.69) is 0 Å². The van der Waals surface area contributed by atoms with Crippen molar-refractivity contribution in [3.8, 4) is 0 Å². The average Bonchev–Trinajstić information content (AvgIpc) is 2.27. The van der Waals surface area contributed by atoms with Crippen molar-refractivity contribution in [2.45, 2.75) is 18.8 Å². The number of amides is 1. The Labute approximate surface area is 105 Å². The zero-order valence-electron chi connectivity index (χ0n) is 9.65. The molecule has 5 nitrogen and oxygen atoms in total. The van der Waals surface area contributed by atoms with Gasteiger partial charge in [-0.25, -0.2) is 4.79 Å². The lowest BCUT2D eigenvalue weighted by atomic mass is 10.1. The molecule has 0 aliphatic rings. The number of carbonyl (C=O) groups excluding carboxylic acids is 1. The Morgan fingerprint density at radius 3 is 2.00 bits per heavy atom. The number of alkyl halides is 3. The van der Waals surface area contributed by atoms with Crippen LogP contribution in [0.25, 0.3) is 0 Å². The highest BCUT2D eigenvalue weighted by atomic mass is 19.4. The molecule has 0 fully saturated rings. The standard InChI is InChI=1S/C11H10F3NO4/c1-6-2-4-7(5-3-6)8(16)15-10(19,9(17)18)11(12,13)14/h2-5,19H,1H3,(H,15,16)(H,17,18)/t10-/m0/s1. The summed E-state index contributed by atoms with van der Waals surface area (Å²) in [7, 11) is 0. The highest BCUT2D eigenvalue weighted by Crippen LogP contribution is 2.28. The smallest absolute Gasteiger partial charge is 0.448 e. The molecule has 1 amide bonds. The SMILES string of the molecule is Cc1ccc(C(=O)N[C@](O)(C(=O)O)C(F)(F)F)cc1. The second kappa shape index (κ2) is 4.88. The van der Waals surface area contributed by atoms with Crippen LogP contribution >= 0.6 is 0 Å². The van der Waals surface area contributed by atoms with Gasteiger partial charge in [-0.3, -0.25) is 4.79 Å². The zero-order valence-corrected chi connectivity index (χ0v) is 9.65. The van der Waals surface area contributed by atoms with Gasteiger partial charge in [-0.1, -0.05) is 17.7 Å². The minimum Gasteiger partial charge on any atom is -0.477 e. The minimum atomic E-state index is -5.54. The van der Waals surface area contributed by atoms with Crippen molar-refractivity contribution in [1.29, 1.82) is 0 Å². The van der Waals surface area contributed by atoms with Crippen LogP contribution in [-0.2, 0) is 4.79 Å². The van der Waals surface area contributed by atoms with Gasteiger partial charge >= 0.3 is 17.9 Å². The third-order valence-corrected chi connectivity index (χ3v) is 2.33. The molecule has 0 heterocycles. The molecule has 0 saturated carbocycles. The molecule has 1 aromatic carbocycles. The lowest BCUT2D eigenvalue weighted by molar-refractivity contribution is -0.266. The number of carboxylic acid groups (broad SMARTS) is 1. The summed E-state index contributed by atoms with van der Waals surface area (Å²) >= 11 is 0. The quantitative estimate of drug-likeness (QED) is 0.721. The van der Waals surface area contributed by atoms with Crippen molar-refractivity contribution in [2.24, 2.45) is 0 Å². The van der Waals surface area contributed by atoms with Crippen LogP contribution in [0.2, 0.25) is 0 Å². The molecule has 0 unspecified atom stereocenters. The first-order valence-corrected chi connectivity index (χ1v) is 4.99. The zero-order chi connectivity index (χ0) is 14.8. The van der Waals surface area contributed by atoms with Crippen LogP contribution in [0.4, 0.5) is 13.2 Å². The topological polar surface area (TPSA) is 86.6 Å². The maximum atomic E-state index is 12.4.